The average molecular weight is 411 g/mol. The molecule has 0 amide bonds. The van der Waals surface area contributed by atoms with Crippen LogP contribution in [-0.4, -0.2) is 0 Å². The van der Waals surface area contributed by atoms with Crippen LogP contribution in [0.3, 0.4) is 0 Å². The summed E-state index contributed by atoms with van der Waals surface area (Å²) in [6.45, 7) is 5.01. The lowest BCUT2D eigenvalue weighted by Gasteiger charge is -2.14. The maximum absolute atomic E-state index is 6.07. The Labute approximate surface area is 183 Å². The molecular formula is C28H26O3. The Morgan fingerprint density at radius 1 is 0.484 bits per heavy atom. The van der Waals surface area contributed by atoms with Gasteiger partial charge in [0.05, 0.1) is 13.2 Å². The lowest BCUT2D eigenvalue weighted by molar-refractivity contribution is 0.104. The molecule has 0 saturated heterocycles. The van der Waals surface area contributed by atoms with E-state index in [1.807, 2.05) is 97.1 Å². The molecule has 0 atom stereocenters. The van der Waals surface area contributed by atoms with Crippen molar-refractivity contribution in [2.24, 2.45) is 0 Å². The molecule has 4 aromatic rings. The summed E-state index contributed by atoms with van der Waals surface area (Å²) in [5.41, 5.74) is 4.41. The largest absolute Gasteiger partial charge is 0.457 e. The van der Waals surface area contributed by atoms with Gasteiger partial charge in [0.2, 0.25) is 0 Å². The van der Waals surface area contributed by atoms with E-state index in [2.05, 4.69) is 13.8 Å². The summed E-state index contributed by atoms with van der Waals surface area (Å²) in [6, 6.07) is 32.0. The Morgan fingerprint density at radius 3 is 1.29 bits per heavy atom. The third-order valence-electron chi connectivity index (χ3n) is 4.96. The van der Waals surface area contributed by atoms with Crippen molar-refractivity contribution in [2.45, 2.75) is 27.1 Å². The fourth-order valence-corrected chi connectivity index (χ4v) is 3.18. The van der Waals surface area contributed by atoms with E-state index in [9.17, 15) is 0 Å². The lowest BCUT2D eigenvalue weighted by atomic mass is 10.2. The zero-order valence-electron chi connectivity index (χ0n) is 17.9. The monoisotopic (exact) mass is 410 g/mol. The highest BCUT2D eigenvalue weighted by Gasteiger charge is 2.08. The number of aryl methyl sites for hydroxylation is 2. The van der Waals surface area contributed by atoms with Crippen molar-refractivity contribution >= 4 is 0 Å². The number of hydrogen-bond acceptors (Lipinski definition) is 3. The molecule has 3 nitrogen and oxygen atoms in total. The van der Waals surface area contributed by atoms with E-state index in [1.165, 1.54) is 11.1 Å². The van der Waals surface area contributed by atoms with Crippen molar-refractivity contribution in [2.75, 3.05) is 0 Å². The molecule has 3 heteroatoms. The van der Waals surface area contributed by atoms with E-state index in [4.69, 9.17) is 14.2 Å². The molecule has 31 heavy (non-hydrogen) atoms. The van der Waals surface area contributed by atoms with Crippen molar-refractivity contribution in [3.8, 4) is 23.0 Å². The van der Waals surface area contributed by atoms with E-state index in [-0.39, 0.29) is 0 Å². The second kappa shape index (κ2) is 9.96. The summed E-state index contributed by atoms with van der Waals surface area (Å²) in [6.07, 6.45) is 0. The zero-order valence-corrected chi connectivity index (χ0v) is 17.9. The number of para-hydroxylation sites is 2. The minimum absolute atomic E-state index is 0.445. The van der Waals surface area contributed by atoms with Crippen molar-refractivity contribution < 1.29 is 14.2 Å². The molecular weight excluding hydrogens is 384 g/mol. The van der Waals surface area contributed by atoms with E-state index < -0.39 is 0 Å². The fraction of sp³-hybridized carbons (Fsp3) is 0.143. The number of benzene rings is 4. The molecule has 0 saturated carbocycles. The molecule has 0 aliphatic rings. The van der Waals surface area contributed by atoms with Gasteiger partial charge in [-0.3, -0.25) is 0 Å². The van der Waals surface area contributed by atoms with Crippen molar-refractivity contribution in [1.29, 1.82) is 0 Å². The number of ether oxygens (including phenoxy) is 3. The molecule has 0 radical (unpaired) electrons. The summed E-state index contributed by atoms with van der Waals surface area (Å²) in [4.78, 5) is 0. The van der Waals surface area contributed by atoms with E-state index in [1.54, 1.807) is 0 Å². The maximum Gasteiger partial charge on any atom is 0.132 e. The minimum atomic E-state index is 0.445. The van der Waals surface area contributed by atoms with Crippen LogP contribution < -0.4 is 9.47 Å². The predicted octanol–water partition coefficient (Wildman–Crippen LogP) is 7.60. The van der Waals surface area contributed by atoms with Crippen LogP contribution in [0.1, 0.15) is 22.3 Å². The van der Waals surface area contributed by atoms with Crippen LogP contribution in [-0.2, 0) is 18.0 Å². The third kappa shape index (κ3) is 5.74. The number of rotatable bonds is 8. The van der Waals surface area contributed by atoms with Gasteiger partial charge in [-0.15, -0.1) is 0 Å². The molecule has 156 valence electrons. The van der Waals surface area contributed by atoms with Gasteiger partial charge in [-0.2, -0.15) is 0 Å². The molecule has 0 aliphatic heterocycles. The summed E-state index contributed by atoms with van der Waals surface area (Å²) in [5, 5.41) is 0. The molecule has 0 bridgehead atoms. The van der Waals surface area contributed by atoms with Crippen LogP contribution in [0.25, 0.3) is 0 Å². The Hall–Kier alpha value is -3.56. The molecule has 0 aliphatic carbocycles. The zero-order chi connectivity index (χ0) is 21.5. The quantitative estimate of drug-likeness (QED) is 0.299. The molecule has 0 unspecified atom stereocenters. The first-order valence-corrected chi connectivity index (χ1v) is 10.4. The Morgan fingerprint density at radius 2 is 0.871 bits per heavy atom. The first-order chi connectivity index (χ1) is 15.2. The molecule has 0 heterocycles. The highest BCUT2D eigenvalue weighted by molar-refractivity contribution is 5.39. The first-order valence-electron chi connectivity index (χ1n) is 10.4. The summed E-state index contributed by atoms with van der Waals surface area (Å²) >= 11 is 0. The van der Waals surface area contributed by atoms with Crippen molar-refractivity contribution in [1.82, 2.24) is 0 Å². The Bertz CT molecular complexity index is 1020. The second-order valence-corrected chi connectivity index (χ2v) is 7.54. The van der Waals surface area contributed by atoms with Crippen LogP contribution in [0.2, 0.25) is 0 Å². The standard InChI is InChI=1S/C28H26O3/c1-21-11-15-25(16-12-21)30-27-9-5-3-7-23(27)19-29-20-24-8-4-6-10-28(24)31-26-17-13-22(2)14-18-26/h3-18H,19-20H2,1-2H3. The lowest BCUT2D eigenvalue weighted by Crippen LogP contribution is -1.99. The van der Waals surface area contributed by atoms with Crippen LogP contribution in [0.15, 0.2) is 97.1 Å². The molecule has 4 rings (SSSR count). The van der Waals surface area contributed by atoms with Gasteiger partial charge in [0, 0.05) is 11.1 Å². The van der Waals surface area contributed by atoms with Gasteiger partial charge in [0.1, 0.15) is 23.0 Å². The maximum atomic E-state index is 6.07. The van der Waals surface area contributed by atoms with E-state index in [0.717, 1.165) is 34.1 Å². The fourth-order valence-electron chi connectivity index (χ4n) is 3.18. The molecule has 4 aromatic carbocycles. The van der Waals surface area contributed by atoms with Gasteiger partial charge in [-0.1, -0.05) is 71.8 Å². The van der Waals surface area contributed by atoms with E-state index in [0.29, 0.717) is 13.2 Å². The minimum Gasteiger partial charge on any atom is -0.457 e. The normalized spacial score (nSPS) is 10.6. The SMILES string of the molecule is Cc1ccc(Oc2ccccc2COCc2ccccc2Oc2ccc(C)cc2)cc1. The van der Waals surface area contributed by atoms with Gasteiger partial charge in [0.15, 0.2) is 0 Å². The Kier molecular flexibility index (Phi) is 6.65. The van der Waals surface area contributed by atoms with Crippen LogP contribution >= 0.6 is 0 Å². The molecule has 0 aromatic heterocycles. The van der Waals surface area contributed by atoms with Crippen LogP contribution in [0.4, 0.5) is 0 Å². The van der Waals surface area contributed by atoms with Gasteiger partial charge >= 0.3 is 0 Å². The highest BCUT2D eigenvalue weighted by Crippen LogP contribution is 2.28. The number of hydrogen-bond donors (Lipinski definition) is 0. The molecule has 0 N–H and O–H groups in total. The highest BCUT2D eigenvalue weighted by atomic mass is 16.5. The third-order valence-corrected chi connectivity index (χ3v) is 4.96. The van der Waals surface area contributed by atoms with Crippen molar-refractivity contribution in [3.63, 3.8) is 0 Å². The van der Waals surface area contributed by atoms with Gasteiger partial charge in [0.25, 0.3) is 0 Å². The summed E-state index contributed by atoms with van der Waals surface area (Å²) in [5.74, 6) is 3.23. The average Bonchev–Trinajstić information content (AvgIpc) is 2.79. The summed E-state index contributed by atoms with van der Waals surface area (Å²) in [7, 11) is 0. The molecule has 0 fully saturated rings. The van der Waals surface area contributed by atoms with Crippen molar-refractivity contribution in [3.05, 3.63) is 119 Å². The topological polar surface area (TPSA) is 27.7 Å². The van der Waals surface area contributed by atoms with Gasteiger partial charge in [-0.25, -0.2) is 0 Å². The van der Waals surface area contributed by atoms with Crippen LogP contribution in [0.5, 0.6) is 23.0 Å². The Balaban J connectivity index is 1.41. The van der Waals surface area contributed by atoms with Gasteiger partial charge in [-0.05, 0) is 50.2 Å². The summed E-state index contributed by atoms with van der Waals surface area (Å²) < 4.78 is 18.2. The predicted molar refractivity (Wildman–Crippen MR) is 124 cm³/mol. The smallest absolute Gasteiger partial charge is 0.132 e. The van der Waals surface area contributed by atoms with Crippen LogP contribution in [0, 0.1) is 13.8 Å². The molecule has 0 spiro atoms. The van der Waals surface area contributed by atoms with Gasteiger partial charge < -0.3 is 14.2 Å². The first kappa shape index (κ1) is 20.7. The van der Waals surface area contributed by atoms with E-state index >= 15 is 0 Å². The second-order valence-electron chi connectivity index (χ2n) is 7.54.